The third kappa shape index (κ3) is 5.23. The number of para-hydroxylation sites is 1. The molecule has 1 saturated heterocycles. The number of anilines is 2. The molecule has 4 rings (SSSR count). The van der Waals surface area contributed by atoms with E-state index in [0.717, 1.165) is 38.8 Å². The summed E-state index contributed by atoms with van der Waals surface area (Å²) >= 11 is 0. The summed E-state index contributed by atoms with van der Waals surface area (Å²) in [6, 6.07) is 12.7. The molecule has 2 aromatic rings. The number of piperazine rings is 1. The highest BCUT2D eigenvalue weighted by molar-refractivity contribution is 7.89. The van der Waals surface area contributed by atoms with E-state index in [4.69, 9.17) is 0 Å². The zero-order valence-electron chi connectivity index (χ0n) is 17.3. The van der Waals surface area contributed by atoms with Gasteiger partial charge in [0.05, 0.1) is 0 Å². The standard InChI is InChI=1S/C22H27FN4O3S/c23-19-16-20-17(7-8-22(28)25-20)15-21(19)31(29,30)24-9-4-10-26-11-13-27(14-12-26)18-5-2-1-3-6-18/h1-3,5-6,15-16,24H,4,7-14H2,(H,25,28). The first-order chi connectivity index (χ1) is 14.9. The molecule has 2 aromatic carbocycles. The summed E-state index contributed by atoms with van der Waals surface area (Å²) in [7, 11) is -3.95. The van der Waals surface area contributed by atoms with E-state index in [-0.39, 0.29) is 23.8 Å². The zero-order chi connectivity index (χ0) is 21.8. The van der Waals surface area contributed by atoms with E-state index in [9.17, 15) is 17.6 Å². The average Bonchev–Trinajstić information content (AvgIpc) is 2.77. The lowest BCUT2D eigenvalue weighted by Gasteiger charge is -2.36. The van der Waals surface area contributed by atoms with Crippen molar-refractivity contribution in [3.05, 3.63) is 53.8 Å². The average molecular weight is 447 g/mol. The van der Waals surface area contributed by atoms with Crippen LogP contribution in [0.15, 0.2) is 47.4 Å². The van der Waals surface area contributed by atoms with Crippen LogP contribution in [-0.4, -0.2) is 58.5 Å². The van der Waals surface area contributed by atoms with Crippen LogP contribution in [0.2, 0.25) is 0 Å². The van der Waals surface area contributed by atoms with E-state index in [2.05, 4.69) is 32.0 Å². The van der Waals surface area contributed by atoms with Crippen LogP contribution < -0.4 is 14.9 Å². The molecule has 0 saturated carbocycles. The first kappa shape index (κ1) is 21.7. The highest BCUT2D eigenvalue weighted by Gasteiger charge is 2.24. The van der Waals surface area contributed by atoms with Crippen molar-refractivity contribution in [1.29, 1.82) is 0 Å². The number of rotatable bonds is 7. The molecule has 0 spiro atoms. The van der Waals surface area contributed by atoms with Gasteiger partial charge in [-0.3, -0.25) is 9.69 Å². The Morgan fingerprint density at radius 1 is 1.03 bits per heavy atom. The normalized spacial score (nSPS) is 17.3. The van der Waals surface area contributed by atoms with Gasteiger partial charge in [0.2, 0.25) is 15.9 Å². The molecule has 0 aromatic heterocycles. The fourth-order valence-electron chi connectivity index (χ4n) is 4.04. The lowest BCUT2D eigenvalue weighted by Crippen LogP contribution is -2.47. The Morgan fingerprint density at radius 2 is 1.77 bits per heavy atom. The van der Waals surface area contributed by atoms with E-state index in [1.807, 2.05) is 18.2 Å². The van der Waals surface area contributed by atoms with Crippen LogP contribution in [-0.2, 0) is 21.2 Å². The first-order valence-electron chi connectivity index (χ1n) is 10.6. The quantitative estimate of drug-likeness (QED) is 0.638. The Bertz CT molecular complexity index is 1040. The molecule has 0 atom stereocenters. The molecule has 2 N–H and O–H groups in total. The van der Waals surface area contributed by atoms with Gasteiger partial charge < -0.3 is 10.2 Å². The van der Waals surface area contributed by atoms with Crippen LogP contribution in [0, 0.1) is 5.82 Å². The van der Waals surface area contributed by atoms with E-state index >= 15 is 0 Å². The van der Waals surface area contributed by atoms with Crippen molar-refractivity contribution in [2.75, 3.05) is 49.5 Å². The number of hydrogen-bond acceptors (Lipinski definition) is 5. The molecule has 166 valence electrons. The summed E-state index contributed by atoms with van der Waals surface area (Å²) in [6.45, 7) is 4.75. The van der Waals surface area contributed by atoms with Gasteiger partial charge in [-0.25, -0.2) is 17.5 Å². The minimum atomic E-state index is -3.95. The Balaban J connectivity index is 1.26. The van der Waals surface area contributed by atoms with Gasteiger partial charge in [0.15, 0.2) is 0 Å². The number of carbonyl (C=O) groups is 1. The van der Waals surface area contributed by atoms with Crippen molar-refractivity contribution in [1.82, 2.24) is 9.62 Å². The molecule has 2 aliphatic heterocycles. The molecule has 31 heavy (non-hydrogen) atoms. The van der Waals surface area contributed by atoms with E-state index in [1.165, 1.54) is 11.8 Å². The first-order valence-corrected chi connectivity index (χ1v) is 12.0. The van der Waals surface area contributed by atoms with E-state index in [0.29, 0.717) is 24.1 Å². The SMILES string of the molecule is O=C1CCc2cc(S(=O)(=O)NCCCN3CCN(c4ccccc4)CC3)c(F)cc2N1. The van der Waals surface area contributed by atoms with Gasteiger partial charge in [0.25, 0.3) is 0 Å². The predicted octanol–water partition coefficient (Wildman–Crippen LogP) is 2.20. The summed E-state index contributed by atoms with van der Waals surface area (Å²) < 4.78 is 42.1. The van der Waals surface area contributed by atoms with Gasteiger partial charge in [-0.05, 0) is 49.2 Å². The van der Waals surface area contributed by atoms with Gasteiger partial charge in [0, 0.05) is 50.5 Å². The van der Waals surface area contributed by atoms with Gasteiger partial charge in [-0.2, -0.15) is 0 Å². The lowest BCUT2D eigenvalue weighted by molar-refractivity contribution is -0.116. The smallest absolute Gasteiger partial charge is 0.243 e. The van der Waals surface area contributed by atoms with Crippen molar-refractivity contribution >= 4 is 27.3 Å². The van der Waals surface area contributed by atoms with Gasteiger partial charge in [-0.1, -0.05) is 18.2 Å². The Labute approximate surface area is 182 Å². The summed E-state index contributed by atoms with van der Waals surface area (Å²) in [5.74, 6) is -1.05. The van der Waals surface area contributed by atoms with Crippen LogP contribution in [0.5, 0.6) is 0 Å². The molecule has 0 unspecified atom stereocenters. The maximum Gasteiger partial charge on any atom is 0.243 e. The molecule has 0 radical (unpaired) electrons. The summed E-state index contributed by atoms with van der Waals surface area (Å²) in [5, 5.41) is 2.58. The van der Waals surface area contributed by atoms with Crippen molar-refractivity contribution in [2.24, 2.45) is 0 Å². The number of halogens is 1. The van der Waals surface area contributed by atoms with Gasteiger partial charge in [-0.15, -0.1) is 0 Å². The molecule has 1 amide bonds. The molecule has 7 nitrogen and oxygen atoms in total. The number of carbonyl (C=O) groups excluding carboxylic acids is 1. The second-order valence-corrected chi connectivity index (χ2v) is 9.64. The molecule has 0 aliphatic carbocycles. The Kier molecular flexibility index (Phi) is 6.54. The maximum atomic E-state index is 14.4. The second kappa shape index (κ2) is 9.33. The number of nitrogens with one attached hydrogen (secondary N) is 2. The molecule has 1 fully saturated rings. The van der Waals surface area contributed by atoms with Crippen LogP contribution in [0.1, 0.15) is 18.4 Å². The summed E-state index contributed by atoms with van der Waals surface area (Å²) in [6.07, 6.45) is 1.31. The number of nitrogens with zero attached hydrogens (tertiary/aromatic N) is 2. The number of benzene rings is 2. The number of amides is 1. The van der Waals surface area contributed by atoms with Crippen molar-refractivity contribution in [3.63, 3.8) is 0 Å². The molecule has 2 aliphatic rings. The summed E-state index contributed by atoms with van der Waals surface area (Å²) in [5.41, 5.74) is 2.21. The fourth-order valence-corrected chi connectivity index (χ4v) is 5.22. The highest BCUT2D eigenvalue weighted by atomic mass is 32.2. The summed E-state index contributed by atoms with van der Waals surface area (Å²) in [4.78, 5) is 15.7. The molecular formula is C22H27FN4O3S. The number of fused-ring (bicyclic) bond motifs is 1. The highest BCUT2D eigenvalue weighted by Crippen LogP contribution is 2.28. The number of aryl methyl sites for hydroxylation is 1. The second-order valence-electron chi connectivity index (χ2n) is 7.90. The lowest BCUT2D eigenvalue weighted by atomic mass is 10.0. The Hall–Kier alpha value is -2.49. The predicted molar refractivity (Wildman–Crippen MR) is 118 cm³/mol. The van der Waals surface area contributed by atoms with Crippen LogP contribution in [0.25, 0.3) is 0 Å². The topological polar surface area (TPSA) is 81.8 Å². The van der Waals surface area contributed by atoms with Crippen molar-refractivity contribution < 1.29 is 17.6 Å². The van der Waals surface area contributed by atoms with E-state index in [1.54, 1.807) is 0 Å². The van der Waals surface area contributed by atoms with Gasteiger partial charge >= 0.3 is 0 Å². The maximum absolute atomic E-state index is 14.4. The monoisotopic (exact) mass is 446 g/mol. The fraction of sp³-hybridized carbons (Fsp3) is 0.409. The van der Waals surface area contributed by atoms with Crippen LogP contribution in [0.3, 0.4) is 0 Å². The largest absolute Gasteiger partial charge is 0.369 e. The number of sulfonamides is 1. The van der Waals surface area contributed by atoms with E-state index < -0.39 is 15.8 Å². The minimum absolute atomic E-state index is 0.190. The van der Waals surface area contributed by atoms with Crippen molar-refractivity contribution in [2.45, 2.75) is 24.2 Å². The van der Waals surface area contributed by atoms with Crippen LogP contribution in [0.4, 0.5) is 15.8 Å². The molecule has 0 bridgehead atoms. The van der Waals surface area contributed by atoms with Gasteiger partial charge in [0.1, 0.15) is 10.7 Å². The Morgan fingerprint density at radius 3 is 2.52 bits per heavy atom. The number of hydrogen-bond donors (Lipinski definition) is 2. The van der Waals surface area contributed by atoms with Crippen LogP contribution >= 0.6 is 0 Å². The molecule has 2 heterocycles. The molecule has 9 heteroatoms. The minimum Gasteiger partial charge on any atom is -0.369 e. The zero-order valence-corrected chi connectivity index (χ0v) is 18.1. The third-order valence-electron chi connectivity index (χ3n) is 5.78. The van der Waals surface area contributed by atoms with Crippen molar-refractivity contribution in [3.8, 4) is 0 Å². The molecular weight excluding hydrogens is 419 g/mol. The third-order valence-corrected chi connectivity index (χ3v) is 7.26.